The second-order valence-electron chi connectivity index (χ2n) is 5.70. The first-order chi connectivity index (χ1) is 11.2. The van der Waals surface area contributed by atoms with Gasteiger partial charge in [-0.1, -0.05) is 23.7 Å². The number of piperazine rings is 1. The first kappa shape index (κ1) is 15.7. The predicted molar refractivity (Wildman–Crippen MR) is 90.4 cm³/mol. The summed E-state index contributed by atoms with van der Waals surface area (Å²) < 4.78 is 0. The van der Waals surface area contributed by atoms with E-state index in [4.69, 9.17) is 16.9 Å². The number of aromatic nitrogens is 2. The number of rotatable bonds is 3. The minimum atomic E-state index is 0.511. The summed E-state index contributed by atoms with van der Waals surface area (Å²) in [5.74, 6) is 0.889. The highest BCUT2D eigenvalue weighted by molar-refractivity contribution is 6.29. The third kappa shape index (κ3) is 3.79. The van der Waals surface area contributed by atoms with Crippen LogP contribution >= 0.6 is 11.6 Å². The van der Waals surface area contributed by atoms with Crippen LogP contribution < -0.4 is 4.90 Å². The molecule has 3 rings (SSSR count). The fourth-order valence-corrected chi connectivity index (χ4v) is 2.81. The molecule has 0 radical (unpaired) electrons. The largest absolute Gasteiger partial charge is 0.354 e. The fraction of sp³-hybridized carbons (Fsp3) is 0.353. The Morgan fingerprint density at radius 1 is 1.17 bits per heavy atom. The SMILES string of the molecule is Cc1ccc(N2CCN(Cc3ccc(Cl)nc3)CC2)nc1C#N. The number of nitrogens with zero attached hydrogens (tertiary/aromatic N) is 5. The van der Waals surface area contributed by atoms with Gasteiger partial charge < -0.3 is 4.90 Å². The summed E-state index contributed by atoms with van der Waals surface area (Å²) in [6.07, 6.45) is 1.83. The second-order valence-corrected chi connectivity index (χ2v) is 6.09. The van der Waals surface area contributed by atoms with E-state index < -0.39 is 0 Å². The summed E-state index contributed by atoms with van der Waals surface area (Å²) in [5, 5.41) is 9.64. The maximum atomic E-state index is 9.11. The van der Waals surface area contributed by atoms with Gasteiger partial charge in [0.15, 0.2) is 0 Å². The number of hydrogen-bond donors (Lipinski definition) is 0. The first-order valence-electron chi connectivity index (χ1n) is 7.61. The average Bonchev–Trinajstić information content (AvgIpc) is 2.58. The van der Waals surface area contributed by atoms with Crippen molar-refractivity contribution in [1.29, 1.82) is 5.26 Å². The molecular weight excluding hydrogens is 310 g/mol. The van der Waals surface area contributed by atoms with Gasteiger partial charge in [0.1, 0.15) is 22.7 Å². The van der Waals surface area contributed by atoms with E-state index in [2.05, 4.69) is 25.8 Å². The van der Waals surface area contributed by atoms with Gasteiger partial charge in [-0.25, -0.2) is 9.97 Å². The Kier molecular flexibility index (Phi) is 4.75. The van der Waals surface area contributed by atoms with E-state index in [-0.39, 0.29) is 0 Å². The van der Waals surface area contributed by atoms with E-state index in [0.717, 1.165) is 44.1 Å². The maximum Gasteiger partial charge on any atom is 0.145 e. The molecule has 23 heavy (non-hydrogen) atoms. The normalized spacial score (nSPS) is 15.4. The van der Waals surface area contributed by atoms with Gasteiger partial charge in [0.2, 0.25) is 0 Å². The van der Waals surface area contributed by atoms with E-state index in [1.54, 1.807) is 0 Å². The topological polar surface area (TPSA) is 56.1 Å². The van der Waals surface area contributed by atoms with Gasteiger partial charge in [0.25, 0.3) is 0 Å². The molecule has 0 aliphatic carbocycles. The molecular formula is C17H18ClN5. The Hall–Kier alpha value is -2.16. The number of halogens is 1. The van der Waals surface area contributed by atoms with Gasteiger partial charge in [0.05, 0.1) is 0 Å². The number of anilines is 1. The minimum Gasteiger partial charge on any atom is -0.354 e. The molecule has 2 aromatic heterocycles. The molecule has 0 N–H and O–H groups in total. The molecule has 0 amide bonds. The Morgan fingerprint density at radius 2 is 1.96 bits per heavy atom. The molecule has 6 heteroatoms. The average molecular weight is 328 g/mol. The molecule has 2 aromatic rings. The molecule has 3 heterocycles. The van der Waals surface area contributed by atoms with Crippen molar-refractivity contribution < 1.29 is 0 Å². The maximum absolute atomic E-state index is 9.11. The van der Waals surface area contributed by atoms with Crippen LogP contribution in [-0.4, -0.2) is 41.0 Å². The molecule has 118 valence electrons. The molecule has 0 atom stereocenters. The van der Waals surface area contributed by atoms with Crippen LogP contribution in [0.1, 0.15) is 16.8 Å². The molecule has 1 aliphatic heterocycles. The van der Waals surface area contributed by atoms with Crippen LogP contribution in [0.2, 0.25) is 5.15 Å². The molecule has 1 aliphatic rings. The number of aryl methyl sites for hydroxylation is 1. The van der Waals surface area contributed by atoms with Crippen LogP contribution in [-0.2, 0) is 6.54 Å². The lowest BCUT2D eigenvalue weighted by Crippen LogP contribution is -2.46. The summed E-state index contributed by atoms with van der Waals surface area (Å²) in [7, 11) is 0. The third-order valence-corrected chi connectivity index (χ3v) is 4.30. The molecule has 0 saturated carbocycles. The number of hydrogen-bond acceptors (Lipinski definition) is 5. The molecule has 0 bridgehead atoms. The lowest BCUT2D eigenvalue weighted by atomic mass is 10.2. The second kappa shape index (κ2) is 6.95. The van der Waals surface area contributed by atoms with Crippen molar-refractivity contribution >= 4 is 17.4 Å². The van der Waals surface area contributed by atoms with Crippen LogP contribution in [0.25, 0.3) is 0 Å². The first-order valence-corrected chi connectivity index (χ1v) is 7.99. The van der Waals surface area contributed by atoms with E-state index in [0.29, 0.717) is 10.8 Å². The third-order valence-electron chi connectivity index (χ3n) is 4.08. The molecule has 0 unspecified atom stereocenters. The summed E-state index contributed by atoms with van der Waals surface area (Å²) in [6.45, 7) is 6.51. The molecule has 5 nitrogen and oxygen atoms in total. The van der Waals surface area contributed by atoms with Crippen LogP contribution in [0.3, 0.4) is 0 Å². The van der Waals surface area contributed by atoms with Gasteiger partial charge >= 0.3 is 0 Å². The van der Waals surface area contributed by atoms with E-state index in [1.165, 1.54) is 5.56 Å². The van der Waals surface area contributed by atoms with Gasteiger partial charge in [0, 0.05) is 38.9 Å². The molecule has 0 spiro atoms. The Morgan fingerprint density at radius 3 is 2.61 bits per heavy atom. The van der Waals surface area contributed by atoms with E-state index in [1.807, 2.05) is 37.4 Å². The minimum absolute atomic E-state index is 0.511. The molecule has 1 fully saturated rings. The smallest absolute Gasteiger partial charge is 0.145 e. The standard InChI is InChI=1S/C17H18ClN5/c1-13-2-5-17(21-15(13)10-19)23-8-6-22(7-9-23)12-14-3-4-16(18)20-11-14/h2-5,11H,6-9,12H2,1H3. The van der Waals surface area contributed by atoms with Crippen LogP contribution in [0, 0.1) is 18.3 Å². The van der Waals surface area contributed by atoms with Crippen LogP contribution in [0.4, 0.5) is 5.82 Å². The lowest BCUT2D eigenvalue weighted by Gasteiger charge is -2.35. The summed E-state index contributed by atoms with van der Waals surface area (Å²) in [6, 6.07) is 9.96. The highest BCUT2D eigenvalue weighted by Crippen LogP contribution is 2.17. The molecule has 0 aromatic carbocycles. The van der Waals surface area contributed by atoms with Gasteiger partial charge in [-0.05, 0) is 30.2 Å². The Balaban J connectivity index is 1.60. The van der Waals surface area contributed by atoms with Crippen molar-refractivity contribution in [2.45, 2.75) is 13.5 Å². The summed E-state index contributed by atoms with van der Waals surface area (Å²) >= 11 is 5.82. The van der Waals surface area contributed by atoms with Crippen molar-refractivity contribution in [3.8, 4) is 6.07 Å². The quantitative estimate of drug-likeness (QED) is 0.811. The predicted octanol–water partition coefficient (Wildman–Crippen LogP) is 2.63. The van der Waals surface area contributed by atoms with Crippen LogP contribution in [0.5, 0.6) is 0 Å². The van der Waals surface area contributed by atoms with Crippen LogP contribution in [0.15, 0.2) is 30.5 Å². The zero-order valence-corrected chi connectivity index (χ0v) is 13.8. The van der Waals surface area contributed by atoms with Crippen molar-refractivity contribution in [2.24, 2.45) is 0 Å². The van der Waals surface area contributed by atoms with Crippen molar-refractivity contribution in [2.75, 3.05) is 31.1 Å². The van der Waals surface area contributed by atoms with E-state index >= 15 is 0 Å². The Bertz CT molecular complexity index is 715. The number of nitriles is 1. The summed E-state index contributed by atoms with van der Waals surface area (Å²) in [4.78, 5) is 13.2. The summed E-state index contributed by atoms with van der Waals surface area (Å²) in [5.41, 5.74) is 2.60. The van der Waals surface area contributed by atoms with Gasteiger partial charge in [-0.2, -0.15) is 5.26 Å². The Labute approximate surface area is 141 Å². The monoisotopic (exact) mass is 327 g/mol. The number of pyridine rings is 2. The molecule has 1 saturated heterocycles. The highest BCUT2D eigenvalue weighted by atomic mass is 35.5. The van der Waals surface area contributed by atoms with Crippen molar-refractivity contribution in [3.05, 3.63) is 52.4 Å². The van der Waals surface area contributed by atoms with Gasteiger partial charge in [-0.15, -0.1) is 0 Å². The van der Waals surface area contributed by atoms with E-state index in [9.17, 15) is 0 Å². The van der Waals surface area contributed by atoms with Crippen molar-refractivity contribution in [3.63, 3.8) is 0 Å². The zero-order valence-electron chi connectivity index (χ0n) is 13.0. The highest BCUT2D eigenvalue weighted by Gasteiger charge is 2.18. The van der Waals surface area contributed by atoms with Gasteiger partial charge in [-0.3, -0.25) is 4.90 Å². The zero-order chi connectivity index (χ0) is 16.2. The fourth-order valence-electron chi connectivity index (χ4n) is 2.70. The lowest BCUT2D eigenvalue weighted by molar-refractivity contribution is 0.249. The van der Waals surface area contributed by atoms with Crippen molar-refractivity contribution in [1.82, 2.24) is 14.9 Å².